The van der Waals surface area contributed by atoms with Gasteiger partial charge in [0.25, 0.3) is 0 Å². The fourth-order valence-corrected chi connectivity index (χ4v) is 4.28. The molecule has 0 N–H and O–H groups in total. The second-order valence-corrected chi connectivity index (χ2v) is 8.12. The van der Waals surface area contributed by atoms with Crippen molar-refractivity contribution in [3.8, 4) is 17.2 Å². The lowest BCUT2D eigenvalue weighted by molar-refractivity contribution is -0.120. The average Bonchev–Trinajstić information content (AvgIpc) is 2.83. The summed E-state index contributed by atoms with van der Waals surface area (Å²) < 4.78 is 17.3. The molecule has 3 aromatic rings. The molecule has 0 fully saturated rings. The van der Waals surface area contributed by atoms with Gasteiger partial charge in [-0.05, 0) is 42.4 Å². The number of anilines is 1. The van der Waals surface area contributed by atoms with Gasteiger partial charge in [-0.15, -0.1) is 0 Å². The van der Waals surface area contributed by atoms with Crippen molar-refractivity contribution >= 4 is 11.6 Å². The molecule has 0 saturated carbocycles. The topological polar surface area (TPSA) is 51.2 Å². The molecule has 3 aromatic carbocycles. The molecule has 6 heteroatoms. The van der Waals surface area contributed by atoms with E-state index in [1.165, 1.54) is 0 Å². The van der Waals surface area contributed by atoms with Crippen molar-refractivity contribution in [2.24, 2.45) is 0 Å². The maximum atomic E-state index is 13.6. The number of carbonyl (C=O) groups is 1. The van der Waals surface area contributed by atoms with Crippen molar-refractivity contribution in [2.45, 2.75) is 12.6 Å². The van der Waals surface area contributed by atoms with Crippen molar-refractivity contribution in [3.05, 3.63) is 83.9 Å². The molecule has 0 aromatic heterocycles. The first-order valence-corrected chi connectivity index (χ1v) is 10.8. The summed E-state index contributed by atoms with van der Waals surface area (Å²) in [6.07, 6.45) is 0. The first-order valence-electron chi connectivity index (χ1n) is 10.8. The molecule has 0 saturated heterocycles. The Bertz CT molecular complexity index is 1100. The number of benzene rings is 3. The zero-order valence-corrected chi connectivity index (χ0v) is 18.1. The van der Waals surface area contributed by atoms with Gasteiger partial charge < -0.3 is 14.2 Å². The van der Waals surface area contributed by atoms with Gasteiger partial charge in [0.05, 0.1) is 18.3 Å². The van der Waals surface area contributed by atoms with E-state index < -0.39 is 0 Å². The van der Waals surface area contributed by atoms with Crippen LogP contribution in [0.2, 0.25) is 0 Å². The Morgan fingerprint density at radius 3 is 2.50 bits per heavy atom. The van der Waals surface area contributed by atoms with Crippen LogP contribution in [0, 0.1) is 0 Å². The number of ether oxygens (including phenoxy) is 3. The summed E-state index contributed by atoms with van der Waals surface area (Å²) >= 11 is 0. The van der Waals surface area contributed by atoms with Crippen molar-refractivity contribution in [3.63, 3.8) is 0 Å². The molecule has 0 bridgehead atoms. The fourth-order valence-electron chi connectivity index (χ4n) is 4.28. The molecule has 0 spiro atoms. The van der Waals surface area contributed by atoms with Gasteiger partial charge >= 0.3 is 0 Å². The van der Waals surface area contributed by atoms with E-state index in [4.69, 9.17) is 14.2 Å². The maximum absolute atomic E-state index is 13.6. The van der Waals surface area contributed by atoms with Crippen LogP contribution in [0.3, 0.4) is 0 Å². The first-order chi connectivity index (χ1) is 15.7. The van der Waals surface area contributed by atoms with Crippen LogP contribution < -0.4 is 19.1 Å². The van der Waals surface area contributed by atoms with Crippen LogP contribution in [0.5, 0.6) is 17.2 Å². The Morgan fingerprint density at radius 2 is 1.66 bits per heavy atom. The van der Waals surface area contributed by atoms with Crippen molar-refractivity contribution in [2.75, 3.05) is 38.3 Å². The summed E-state index contributed by atoms with van der Waals surface area (Å²) in [6.45, 7) is 2.47. The fraction of sp³-hybridized carbons (Fsp3) is 0.269. The van der Waals surface area contributed by atoms with E-state index in [1.54, 1.807) is 0 Å². The van der Waals surface area contributed by atoms with Crippen LogP contribution in [-0.2, 0) is 11.3 Å². The Morgan fingerprint density at radius 1 is 0.906 bits per heavy atom. The van der Waals surface area contributed by atoms with Gasteiger partial charge in [0, 0.05) is 6.54 Å². The summed E-state index contributed by atoms with van der Waals surface area (Å²) in [6, 6.07) is 23.6. The number of rotatable bonds is 5. The quantitative estimate of drug-likeness (QED) is 0.611. The third-order valence-electron chi connectivity index (χ3n) is 5.75. The van der Waals surface area contributed by atoms with E-state index in [2.05, 4.69) is 0 Å². The molecule has 0 radical (unpaired) electrons. The van der Waals surface area contributed by atoms with E-state index in [0.29, 0.717) is 26.4 Å². The van der Waals surface area contributed by atoms with Gasteiger partial charge in [-0.2, -0.15) is 0 Å². The van der Waals surface area contributed by atoms with E-state index in [9.17, 15) is 4.79 Å². The zero-order valence-electron chi connectivity index (χ0n) is 18.1. The molecular formula is C26H26N2O4. The highest BCUT2D eigenvalue weighted by molar-refractivity contribution is 5.97. The Kier molecular flexibility index (Phi) is 5.69. The van der Waals surface area contributed by atoms with Gasteiger partial charge in [0.2, 0.25) is 5.91 Å². The molecule has 2 aliphatic heterocycles. The third-order valence-corrected chi connectivity index (χ3v) is 5.75. The van der Waals surface area contributed by atoms with Gasteiger partial charge in [0.15, 0.2) is 11.5 Å². The number of para-hydroxylation sites is 2. The SMILES string of the molecule is CN(CC(=O)N1c2ccccc2OCC1c1ccccc1)Cc1ccc2c(c1)OCCO2. The lowest BCUT2D eigenvalue weighted by atomic mass is 10.0. The van der Waals surface area contributed by atoms with Crippen LogP contribution >= 0.6 is 0 Å². The van der Waals surface area contributed by atoms with Gasteiger partial charge in [-0.3, -0.25) is 14.6 Å². The number of nitrogens with zero attached hydrogens (tertiary/aromatic N) is 2. The molecule has 0 aliphatic carbocycles. The predicted octanol–water partition coefficient (Wildman–Crippen LogP) is 4.06. The number of hydrogen-bond donors (Lipinski definition) is 0. The van der Waals surface area contributed by atoms with Crippen molar-refractivity contribution < 1.29 is 19.0 Å². The molecule has 2 aliphatic rings. The summed E-state index contributed by atoms with van der Waals surface area (Å²) in [5.74, 6) is 2.31. The second-order valence-electron chi connectivity index (χ2n) is 8.12. The summed E-state index contributed by atoms with van der Waals surface area (Å²) in [5.41, 5.74) is 2.95. The van der Waals surface area contributed by atoms with Crippen molar-refractivity contribution in [1.82, 2.24) is 4.90 Å². The number of hydrogen-bond acceptors (Lipinski definition) is 5. The molecular weight excluding hydrogens is 404 g/mol. The molecule has 164 valence electrons. The minimum Gasteiger partial charge on any atom is -0.489 e. The highest BCUT2D eigenvalue weighted by atomic mass is 16.6. The number of amides is 1. The first kappa shape index (κ1) is 20.4. The monoisotopic (exact) mass is 430 g/mol. The minimum atomic E-state index is -0.165. The number of carbonyl (C=O) groups excluding carboxylic acids is 1. The average molecular weight is 431 g/mol. The minimum absolute atomic E-state index is 0.0367. The standard InChI is InChI=1S/C26H26N2O4/c1-27(16-19-11-12-24-25(15-19)31-14-13-30-24)17-26(29)28-21-9-5-6-10-23(21)32-18-22(28)20-7-3-2-4-8-20/h2-12,15,22H,13-14,16-18H2,1H3. The van der Waals surface area contributed by atoms with Crippen molar-refractivity contribution in [1.29, 1.82) is 0 Å². The van der Waals surface area contributed by atoms with E-state index >= 15 is 0 Å². The summed E-state index contributed by atoms with van der Waals surface area (Å²) in [4.78, 5) is 17.5. The molecule has 2 heterocycles. The lowest BCUT2D eigenvalue weighted by Gasteiger charge is -2.38. The van der Waals surface area contributed by atoms with Crippen LogP contribution in [0.1, 0.15) is 17.2 Å². The summed E-state index contributed by atoms with van der Waals surface area (Å²) in [5, 5.41) is 0. The molecule has 5 rings (SSSR count). The molecule has 1 amide bonds. The number of fused-ring (bicyclic) bond motifs is 2. The summed E-state index contributed by atoms with van der Waals surface area (Å²) in [7, 11) is 1.96. The van der Waals surface area contributed by atoms with E-state index in [1.807, 2.05) is 89.6 Å². The maximum Gasteiger partial charge on any atom is 0.241 e. The highest BCUT2D eigenvalue weighted by Crippen LogP contribution is 2.39. The Balaban J connectivity index is 1.35. The third kappa shape index (κ3) is 4.14. The van der Waals surface area contributed by atoms with E-state index in [0.717, 1.165) is 34.1 Å². The largest absolute Gasteiger partial charge is 0.489 e. The Hall–Kier alpha value is -3.51. The molecule has 1 atom stereocenters. The predicted molar refractivity (Wildman–Crippen MR) is 122 cm³/mol. The molecule has 6 nitrogen and oxygen atoms in total. The normalized spacial score (nSPS) is 16.9. The Labute approximate surface area is 187 Å². The smallest absolute Gasteiger partial charge is 0.241 e. The van der Waals surface area contributed by atoms with Crippen LogP contribution in [0.4, 0.5) is 5.69 Å². The van der Waals surface area contributed by atoms with E-state index in [-0.39, 0.29) is 18.5 Å². The van der Waals surface area contributed by atoms with Crippen LogP contribution in [0.25, 0.3) is 0 Å². The lowest BCUT2D eigenvalue weighted by Crippen LogP contribution is -2.45. The molecule has 1 unspecified atom stereocenters. The second kappa shape index (κ2) is 8.93. The van der Waals surface area contributed by atoms with Gasteiger partial charge in [-0.1, -0.05) is 48.5 Å². The van der Waals surface area contributed by atoms with Gasteiger partial charge in [-0.25, -0.2) is 0 Å². The highest BCUT2D eigenvalue weighted by Gasteiger charge is 2.33. The van der Waals surface area contributed by atoms with Gasteiger partial charge in [0.1, 0.15) is 25.6 Å². The zero-order chi connectivity index (χ0) is 21.9. The number of likely N-dealkylation sites (N-methyl/N-ethyl adjacent to an activating group) is 1. The molecule has 32 heavy (non-hydrogen) atoms. The van der Waals surface area contributed by atoms with Crippen LogP contribution in [-0.4, -0.2) is 44.2 Å². The van der Waals surface area contributed by atoms with Crippen LogP contribution in [0.15, 0.2) is 72.8 Å².